The largest absolute Gasteiger partial charge is 0.493 e. The van der Waals surface area contributed by atoms with Crippen molar-refractivity contribution in [2.75, 3.05) is 11.9 Å². The summed E-state index contributed by atoms with van der Waals surface area (Å²) in [4.78, 5) is 12.2. The normalized spacial score (nSPS) is 10.3. The molecule has 2 aromatic carbocycles. The fraction of sp³-hybridized carbons (Fsp3) is 0.133. The average Bonchev–Trinajstić information content (AvgIpc) is 2.43. The van der Waals surface area contributed by atoms with E-state index in [2.05, 4.69) is 21.2 Å². The lowest BCUT2D eigenvalue weighted by molar-refractivity contribution is 0.102. The van der Waals surface area contributed by atoms with Gasteiger partial charge in [0.25, 0.3) is 5.91 Å². The minimum absolute atomic E-state index is 0.209. The molecule has 0 bridgehead atoms. The second-order valence-electron chi connectivity index (χ2n) is 4.13. The quantitative estimate of drug-likeness (QED) is 0.883. The Morgan fingerprint density at radius 2 is 1.86 bits per heavy atom. The monoisotopic (exact) mass is 355 g/mol. The van der Waals surface area contributed by atoms with E-state index in [1.807, 2.05) is 0 Å². The second-order valence-corrected chi connectivity index (χ2v) is 5.04. The highest BCUT2D eigenvalue weighted by atomic mass is 79.9. The number of anilines is 1. The number of ether oxygens (including phenoxy) is 1. The molecule has 0 saturated heterocycles. The molecule has 21 heavy (non-hydrogen) atoms. The van der Waals surface area contributed by atoms with Crippen LogP contribution in [-0.4, -0.2) is 12.5 Å². The lowest BCUT2D eigenvalue weighted by atomic mass is 10.1. The third kappa shape index (κ3) is 3.58. The van der Waals surface area contributed by atoms with Crippen molar-refractivity contribution in [3.63, 3.8) is 0 Å². The van der Waals surface area contributed by atoms with Gasteiger partial charge in [0, 0.05) is 4.47 Å². The maximum Gasteiger partial charge on any atom is 0.259 e. The Labute approximate surface area is 129 Å². The van der Waals surface area contributed by atoms with Gasteiger partial charge in [-0.2, -0.15) is 0 Å². The van der Waals surface area contributed by atoms with Gasteiger partial charge < -0.3 is 10.1 Å². The molecule has 0 spiro atoms. The molecule has 1 amide bonds. The Bertz CT molecular complexity index is 653. The maximum absolute atomic E-state index is 13.7. The van der Waals surface area contributed by atoms with E-state index in [9.17, 15) is 13.6 Å². The fourth-order valence-electron chi connectivity index (χ4n) is 1.78. The summed E-state index contributed by atoms with van der Waals surface area (Å²) in [6.45, 7) is 2.16. The lowest BCUT2D eigenvalue weighted by Crippen LogP contribution is -2.15. The summed E-state index contributed by atoms with van der Waals surface area (Å²) in [7, 11) is 0. The Balaban J connectivity index is 2.31. The van der Waals surface area contributed by atoms with Crippen molar-refractivity contribution < 1.29 is 18.3 Å². The third-order valence-corrected chi connectivity index (χ3v) is 3.13. The number of carbonyl (C=O) groups is 1. The van der Waals surface area contributed by atoms with Gasteiger partial charge in [0.2, 0.25) is 0 Å². The molecule has 0 heterocycles. The minimum atomic E-state index is -0.857. The molecule has 2 aromatic rings. The molecular weight excluding hydrogens is 344 g/mol. The molecule has 1 N–H and O–H groups in total. The molecule has 0 fully saturated rings. The molecule has 0 radical (unpaired) electrons. The van der Waals surface area contributed by atoms with Gasteiger partial charge in [0.1, 0.15) is 11.4 Å². The Morgan fingerprint density at radius 3 is 2.48 bits per heavy atom. The lowest BCUT2D eigenvalue weighted by Gasteiger charge is -2.11. The van der Waals surface area contributed by atoms with Crippen LogP contribution >= 0.6 is 15.9 Å². The van der Waals surface area contributed by atoms with Crippen molar-refractivity contribution in [3.8, 4) is 5.75 Å². The van der Waals surface area contributed by atoms with Crippen molar-refractivity contribution in [2.24, 2.45) is 0 Å². The summed E-state index contributed by atoms with van der Waals surface area (Å²) in [6.07, 6.45) is 0. The van der Waals surface area contributed by atoms with Gasteiger partial charge in [-0.15, -0.1) is 0 Å². The Hall–Kier alpha value is -1.95. The molecule has 2 rings (SSSR count). The van der Waals surface area contributed by atoms with Crippen LogP contribution in [0, 0.1) is 11.6 Å². The van der Waals surface area contributed by atoms with E-state index in [0.717, 1.165) is 12.1 Å². The van der Waals surface area contributed by atoms with Crippen molar-refractivity contribution in [2.45, 2.75) is 6.92 Å². The van der Waals surface area contributed by atoms with Crippen LogP contribution in [0.2, 0.25) is 0 Å². The number of hydrogen-bond donors (Lipinski definition) is 1. The van der Waals surface area contributed by atoms with Gasteiger partial charge >= 0.3 is 0 Å². The molecule has 0 saturated carbocycles. The maximum atomic E-state index is 13.7. The highest BCUT2D eigenvalue weighted by Crippen LogP contribution is 2.25. The van der Waals surface area contributed by atoms with Gasteiger partial charge in [-0.3, -0.25) is 4.79 Å². The number of carbonyl (C=O) groups excluding carboxylic acids is 1. The van der Waals surface area contributed by atoms with E-state index < -0.39 is 23.2 Å². The van der Waals surface area contributed by atoms with Gasteiger partial charge in [0.05, 0.1) is 12.2 Å². The minimum Gasteiger partial charge on any atom is -0.493 e. The molecule has 3 nitrogen and oxygen atoms in total. The summed E-state index contributed by atoms with van der Waals surface area (Å²) < 4.78 is 33.0. The highest BCUT2D eigenvalue weighted by Gasteiger charge is 2.17. The predicted molar refractivity (Wildman–Crippen MR) is 79.6 cm³/mol. The first-order valence-electron chi connectivity index (χ1n) is 6.20. The Kier molecular flexibility index (Phi) is 4.90. The second kappa shape index (κ2) is 6.67. The molecule has 110 valence electrons. The van der Waals surface area contributed by atoms with Crippen molar-refractivity contribution in [1.82, 2.24) is 0 Å². The summed E-state index contributed by atoms with van der Waals surface area (Å²) in [5, 5.41) is 2.23. The van der Waals surface area contributed by atoms with Crippen LogP contribution in [-0.2, 0) is 0 Å². The molecule has 0 aliphatic carbocycles. The Morgan fingerprint density at radius 1 is 1.24 bits per heavy atom. The molecule has 0 atom stereocenters. The van der Waals surface area contributed by atoms with Crippen LogP contribution in [0.4, 0.5) is 14.5 Å². The number of amides is 1. The number of rotatable bonds is 4. The zero-order valence-electron chi connectivity index (χ0n) is 11.1. The topological polar surface area (TPSA) is 38.3 Å². The van der Waals surface area contributed by atoms with E-state index in [-0.39, 0.29) is 10.0 Å². The van der Waals surface area contributed by atoms with E-state index in [1.54, 1.807) is 25.1 Å². The van der Waals surface area contributed by atoms with Gasteiger partial charge in [-0.05, 0) is 31.2 Å². The van der Waals surface area contributed by atoms with Crippen LogP contribution < -0.4 is 10.1 Å². The molecule has 0 aliphatic heterocycles. The SMILES string of the molecule is CCOc1ccccc1C(=O)Nc1c(F)cc(Br)cc1F. The van der Waals surface area contributed by atoms with E-state index >= 15 is 0 Å². The summed E-state index contributed by atoms with van der Waals surface area (Å²) in [6, 6.07) is 8.65. The third-order valence-electron chi connectivity index (χ3n) is 2.68. The highest BCUT2D eigenvalue weighted by molar-refractivity contribution is 9.10. The molecular formula is C15H12BrF2NO2. The zero-order chi connectivity index (χ0) is 15.4. The summed E-state index contributed by atoms with van der Waals surface area (Å²) >= 11 is 2.98. The first-order chi connectivity index (χ1) is 10.0. The first-order valence-corrected chi connectivity index (χ1v) is 7.00. The smallest absolute Gasteiger partial charge is 0.259 e. The van der Waals surface area contributed by atoms with Crippen LogP contribution in [0.3, 0.4) is 0 Å². The van der Waals surface area contributed by atoms with Crippen molar-refractivity contribution in [1.29, 1.82) is 0 Å². The standard InChI is InChI=1S/C15H12BrF2NO2/c1-2-21-13-6-4-3-5-10(13)15(20)19-14-11(17)7-9(16)8-12(14)18/h3-8H,2H2,1H3,(H,19,20). The van der Waals surface area contributed by atoms with E-state index in [4.69, 9.17) is 4.74 Å². The number of hydrogen-bond acceptors (Lipinski definition) is 2. The predicted octanol–water partition coefficient (Wildman–Crippen LogP) is 4.38. The van der Waals surface area contributed by atoms with Gasteiger partial charge in [-0.25, -0.2) is 8.78 Å². The summed E-state index contributed by atoms with van der Waals surface area (Å²) in [5.41, 5.74) is -0.282. The van der Waals surface area contributed by atoms with Crippen LogP contribution in [0.1, 0.15) is 17.3 Å². The van der Waals surface area contributed by atoms with Gasteiger partial charge in [0.15, 0.2) is 11.6 Å². The number of halogens is 3. The number of benzene rings is 2. The average molecular weight is 356 g/mol. The van der Waals surface area contributed by atoms with Crippen LogP contribution in [0.5, 0.6) is 5.75 Å². The van der Waals surface area contributed by atoms with Gasteiger partial charge in [-0.1, -0.05) is 28.1 Å². The molecule has 0 unspecified atom stereocenters. The number of nitrogens with one attached hydrogen (secondary N) is 1. The zero-order valence-corrected chi connectivity index (χ0v) is 12.7. The molecule has 0 aliphatic rings. The van der Waals surface area contributed by atoms with Crippen LogP contribution in [0.25, 0.3) is 0 Å². The summed E-state index contributed by atoms with van der Waals surface area (Å²) in [5.74, 6) is -2.00. The molecule has 6 heteroatoms. The van der Waals surface area contributed by atoms with Crippen LogP contribution in [0.15, 0.2) is 40.9 Å². The molecule has 0 aromatic heterocycles. The van der Waals surface area contributed by atoms with Crippen molar-refractivity contribution in [3.05, 3.63) is 58.1 Å². The van der Waals surface area contributed by atoms with E-state index in [0.29, 0.717) is 12.4 Å². The first kappa shape index (κ1) is 15.4. The fourth-order valence-corrected chi connectivity index (χ4v) is 2.18. The van der Waals surface area contributed by atoms with E-state index in [1.165, 1.54) is 6.07 Å². The number of para-hydroxylation sites is 1. The van der Waals surface area contributed by atoms with Crippen molar-refractivity contribution >= 4 is 27.5 Å².